The van der Waals surface area contributed by atoms with Crippen molar-refractivity contribution in [1.82, 2.24) is 15.1 Å². The lowest BCUT2D eigenvalue weighted by molar-refractivity contribution is -0.123. The van der Waals surface area contributed by atoms with Crippen LogP contribution in [0.1, 0.15) is 42.5 Å². The molecular weight excluding hydrogens is 410 g/mol. The minimum atomic E-state index is -0.107. The molecule has 2 aromatic carbocycles. The summed E-state index contributed by atoms with van der Waals surface area (Å²) in [5, 5.41) is 3.81. The second-order valence-electron chi connectivity index (χ2n) is 8.70. The van der Waals surface area contributed by atoms with E-state index in [1.165, 1.54) is 0 Å². The van der Waals surface area contributed by atoms with Crippen molar-refractivity contribution in [3.63, 3.8) is 0 Å². The average Bonchev–Trinajstić information content (AvgIpc) is 2.74. The number of ether oxygens (including phenoxy) is 1. The second-order valence-corrected chi connectivity index (χ2v) is 9.13. The summed E-state index contributed by atoms with van der Waals surface area (Å²) in [4.78, 5) is 17.4. The van der Waals surface area contributed by atoms with E-state index in [2.05, 4.69) is 60.3 Å². The van der Waals surface area contributed by atoms with Crippen LogP contribution in [-0.2, 0) is 4.79 Å². The summed E-state index contributed by atoms with van der Waals surface area (Å²) < 4.78 is 5.90. The third kappa shape index (κ3) is 6.70. The zero-order valence-electron chi connectivity index (χ0n) is 19.0. The average molecular weight is 444 g/mol. The van der Waals surface area contributed by atoms with Gasteiger partial charge in [-0.3, -0.25) is 9.69 Å². The van der Waals surface area contributed by atoms with Crippen LogP contribution in [0.2, 0.25) is 5.02 Å². The first-order valence-electron chi connectivity index (χ1n) is 11.0. The van der Waals surface area contributed by atoms with Crippen LogP contribution in [0, 0.1) is 6.92 Å². The van der Waals surface area contributed by atoms with Gasteiger partial charge in [0.15, 0.2) is 6.61 Å². The van der Waals surface area contributed by atoms with Gasteiger partial charge in [0.25, 0.3) is 5.91 Å². The Morgan fingerprint density at radius 3 is 2.42 bits per heavy atom. The van der Waals surface area contributed by atoms with Crippen LogP contribution in [0.25, 0.3) is 0 Å². The molecule has 0 spiro atoms. The molecule has 5 nitrogen and oxygen atoms in total. The summed E-state index contributed by atoms with van der Waals surface area (Å²) in [7, 11) is 2.14. The molecule has 0 aliphatic carbocycles. The van der Waals surface area contributed by atoms with Crippen molar-refractivity contribution in [1.29, 1.82) is 0 Å². The van der Waals surface area contributed by atoms with Crippen molar-refractivity contribution in [3.05, 3.63) is 64.2 Å². The Bertz CT molecular complexity index is 862. The first kappa shape index (κ1) is 23.6. The summed E-state index contributed by atoms with van der Waals surface area (Å²) in [6, 6.07) is 14.2. The van der Waals surface area contributed by atoms with E-state index in [0.717, 1.165) is 53.6 Å². The van der Waals surface area contributed by atoms with E-state index in [9.17, 15) is 4.79 Å². The molecule has 1 fully saturated rings. The van der Waals surface area contributed by atoms with Gasteiger partial charge in [-0.05, 0) is 54.8 Å². The Hall–Kier alpha value is -2.08. The van der Waals surface area contributed by atoms with E-state index < -0.39 is 0 Å². The van der Waals surface area contributed by atoms with Crippen LogP contribution in [0.4, 0.5) is 0 Å². The zero-order valence-corrected chi connectivity index (χ0v) is 19.8. The molecule has 0 unspecified atom stereocenters. The van der Waals surface area contributed by atoms with Gasteiger partial charge in [0.2, 0.25) is 0 Å². The molecule has 0 bridgehead atoms. The van der Waals surface area contributed by atoms with Crippen molar-refractivity contribution in [2.75, 3.05) is 46.4 Å². The molecule has 0 saturated carbocycles. The topological polar surface area (TPSA) is 44.8 Å². The number of aryl methyl sites for hydroxylation is 1. The second kappa shape index (κ2) is 11.0. The predicted molar refractivity (Wildman–Crippen MR) is 127 cm³/mol. The minimum Gasteiger partial charge on any atom is -0.483 e. The Morgan fingerprint density at radius 2 is 1.77 bits per heavy atom. The molecule has 0 radical (unpaired) electrons. The number of benzene rings is 2. The number of nitrogens with one attached hydrogen (secondary N) is 1. The number of hydrogen-bond donors (Lipinski definition) is 1. The highest BCUT2D eigenvalue weighted by Crippen LogP contribution is 2.27. The van der Waals surface area contributed by atoms with Crippen molar-refractivity contribution in [3.8, 4) is 5.75 Å². The molecule has 1 saturated heterocycles. The van der Waals surface area contributed by atoms with E-state index in [-0.39, 0.29) is 18.6 Å². The lowest BCUT2D eigenvalue weighted by atomic mass is 10.0. The zero-order chi connectivity index (χ0) is 22.4. The van der Waals surface area contributed by atoms with E-state index >= 15 is 0 Å². The van der Waals surface area contributed by atoms with Crippen LogP contribution >= 0.6 is 11.6 Å². The number of amides is 1. The molecular formula is C25H34ClN3O2. The number of carbonyl (C=O) groups is 1. The monoisotopic (exact) mass is 443 g/mol. The maximum absolute atomic E-state index is 12.6. The van der Waals surface area contributed by atoms with Gasteiger partial charge < -0.3 is 15.0 Å². The number of hydrogen-bond acceptors (Lipinski definition) is 4. The van der Waals surface area contributed by atoms with Gasteiger partial charge in [-0.2, -0.15) is 0 Å². The molecule has 0 aromatic heterocycles. The number of rotatable bonds is 8. The molecule has 2 aromatic rings. The molecule has 1 heterocycles. The smallest absolute Gasteiger partial charge is 0.258 e. The van der Waals surface area contributed by atoms with Crippen molar-refractivity contribution in [2.24, 2.45) is 0 Å². The Morgan fingerprint density at radius 1 is 1.10 bits per heavy atom. The van der Waals surface area contributed by atoms with E-state index in [1.807, 2.05) is 25.1 Å². The molecule has 168 valence electrons. The summed E-state index contributed by atoms with van der Waals surface area (Å²) >= 11 is 6.09. The van der Waals surface area contributed by atoms with Gasteiger partial charge >= 0.3 is 0 Å². The van der Waals surface area contributed by atoms with Gasteiger partial charge in [0.1, 0.15) is 5.75 Å². The van der Waals surface area contributed by atoms with Gasteiger partial charge in [-0.15, -0.1) is 0 Å². The number of carbonyl (C=O) groups excluding carboxylic acids is 1. The van der Waals surface area contributed by atoms with Crippen LogP contribution < -0.4 is 10.1 Å². The van der Waals surface area contributed by atoms with Crippen molar-refractivity contribution >= 4 is 17.5 Å². The molecule has 3 rings (SSSR count). The quantitative estimate of drug-likeness (QED) is 0.662. The third-order valence-electron chi connectivity index (χ3n) is 5.88. The SMILES string of the molecule is Cc1ccc(C(C)C)c(OCC(=O)NC[C@H](c2ccc(Cl)cc2)N2CCN(C)CC2)c1. The molecule has 1 N–H and O–H groups in total. The third-order valence-corrected chi connectivity index (χ3v) is 6.13. The fraction of sp³-hybridized carbons (Fsp3) is 0.480. The Balaban J connectivity index is 1.62. The van der Waals surface area contributed by atoms with Gasteiger partial charge in [-0.25, -0.2) is 0 Å². The normalized spacial score (nSPS) is 16.3. The van der Waals surface area contributed by atoms with Crippen LogP contribution in [0.15, 0.2) is 42.5 Å². The van der Waals surface area contributed by atoms with Gasteiger partial charge in [0.05, 0.1) is 6.04 Å². The highest BCUT2D eigenvalue weighted by Gasteiger charge is 2.24. The Kier molecular flexibility index (Phi) is 8.35. The van der Waals surface area contributed by atoms with E-state index in [0.29, 0.717) is 12.5 Å². The van der Waals surface area contributed by atoms with Crippen molar-refractivity contribution < 1.29 is 9.53 Å². The fourth-order valence-corrected chi connectivity index (χ4v) is 4.05. The number of piperazine rings is 1. The summed E-state index contributed by atoms with van der Waals surface area (Å²) in [6.07, 6.45) is 0. The molecule has 6 heteroatoms. The standard InChI is InChI=1S/C25H34ClN3O2/c1-18(2)22-10-5-19(3)15-24(22)31-17-25(30)27-16-23(20-6-8-21(26)9-7-20)29-13-11-28(4)12-14-29/h5-10,15,18,23H,11-14,16-17H2,1-4H3,(H,27,30)/t23-/m1/s1. The highest BCUT2D eigenvalue weighted by atomic mass is 35.5. The molecule has 1 amide bonds. The first-order chi connectivity index (χ1) is 14.8. The Labute approximate surface area is 191 Å². The van der Waals surface area contributed by atoms with Crippen LogP contribution in [0.5, 0.6) is 5.75 Å². The number of halogens is 1. The maximum atomic E-state index is 12.6. The number of likely N-dealkylation sites (N-methyl/N-ethyl adjacent to an activating group) is 1. The molecule has 1 atom stereocenters. The van der Waals surface area contributed by atoms with E-state index in [1.54, 1.807) is 0 Å². The molecule has 1 aliphatic heterocycles. The van der Waals surface area contributed by atoms with Gasteiger partial charge in [0, 0.05) is 37.7 Å². The van der Waals surface area contributed by atoms with Crippen molar-refractivity contribution in [2.45, 2.75) is 32.7 Å². The summed E-state index contributed by atoms with van der Waals surface area (Å²) in [5.74, 6) is 1.02. The lowest BCUT2D eigenvalue weighted by Gasteiger charge is -2.38. The van der Waals surface area contributed by atoms with Crippen LogP contribution in [-0.4, -0.2) is 62.1 Å². The fourth-order valence-electron chi connectivity index (χ4n) is 3.92. The lowest BCUT2D eigenvalue weighted by Crippen LogP contribution is -2.48. The van der Waals surface area contributed by atoms with Gasteiger partial charge in [-0.1, -0.05) is 49.7 Å². The summed E-state index contributed by atoms with van der Waals surface area (Å²) in [5.41, 5.74) is 3.41. The minimum absolute atomic E-state index is 0.0131. The summed E-state index contributed by atoms with van der Waals surface area (Å²) in [6.45, 7) is 10.8. The largest absolute Gasteiger partial charge is 0.483 e. The molecule has 1 aliphatic rings. The first-order valence-corrected chi connectivity index (χ1v) is 11.4. The maximum Gasteiger partial charge on any atom is 0.258 e. The highest BCUT2D eigenvalue weighted by molar-refractivity contribution is 6.30. The van der Waals surface area contributed by atoms with Crippen LogP contribution in [0.3, 0.4) is 0 Å². The predicted octanol–water partition coefficient (Wildman–Crippen LogP) is 4.26. The number of nitrogens with zero attached hydrogens (tertiary/aromatic N) is 2. The van der Waals surface area contributed by atoms with E-state index in [4.69, 9.17) is 16.3 Å². The molecule has 31 heavy (non-hydrogen) atoms.